The molecule has 0 saturated heterocycles. The Balaban J connectivity index is 0.00000216. The molecule has 0 heterocycles. The van der Waals surface area contributed by atoms with Crippen molar-refractivity contribution in [3.05, 3.63) is 129 Å². The molecular weight excluding hydrogens is 863 g/mol. The average Bonchev–Trinajstić information content (AvgIpc) is 3.77. The molecule has 60 heavy (non-hydrogen) atoms. The second kappa shape index (κ2) is 14.5. The van der Waals surface area contributed by atoms with Crippen molar-refractivity contribution in [1.29, 1.82) is 0 Å². The summed E-state index contributed by atoms with van der Waals surface area (Å²) in [6.45, 7) is 9.92. The van der Waals surface area contributed by atoms with E-state index in [0.717, 1.165) is 35.5 Å². The van der Waals surface area contributed by atoms with Crippen LogP contribution in [-0.4, -0.2) is 6.88 Å². The van der Waals surface area contributed by atoms with Crippen molar-refractivity contribution < 1.29 is 17.4 Å². The predicted molar refractivity (Wildman–Crippen MR) is 260 cm³/mol. The van der Waals surface area contributed by atoms with Gasteiger partial charge in [-0.2, -0.15) is 0 Å². The average molecular weight is 931 g/mol. The molecule has 8 bridgehead atoms. The van der Waals surface area contributed by atoms with Gasteiger partial charge in [0.1, 0.15) is 0 Å². The molecule has 0 N–H and O–H groups in total. The fraction of sp³-hybridized carbons (Fsp3) is 0.500. The summed E-state index contributed by atoms with van der Waals surface area (Å²) in [5, 5.41) is 0. The molecule has 8 fully saturated rings. The van der Waals surface area contributed by atoms with Crippen molar-refractivity contribution >= 4 is 43.8 Å². The Bertz CT molecular complexity index is 2420. The summed E-state index contributed by atoms with van der Waals surface area (Å²) in [7, 11) is 0. The van der Waals surface area contributed by atoms with E-state index in [-0.39, 0.29) is 24.8 Å². The maximum absolute atomic E-state index is 3.72. The van der Waals surface area contributed by atoms with Crippen LogP contribution in [0, 0.1) is 41.4 Å². The van der Waals surface area contributed by atoms with Gasteiger partial charge < -0.3 is 0 Å². The van der Waals surface area contributed by atoms with Crippen molar-refractivity contribution in [2.75, 3.05) is 0 Å². The Kier molecular flexibility index (Phi) is 10.2. The van der Waals surface area contributed by atoms with E-state index in [2.05, 4.69) is 134 Å². The molecule has 4 heteroatoms. The fourth-order valence-electron chi connectivity index (χ4n) is 17.4. The third-order valence-electron chi connectivity index (χ3n) is 18.6. The molecule has 4 aromatic rings. The number of rotatable bonds is 7. The molecule has 10 aliphatic carbocycles. The molecule has 0 aliphatic heterocycles. The molecule has 2 atom stereocenters. The maximum atomic E-state index is 2.83. The molecule has 8 saturated carbocycles. The molecule has 0 amide bonds. The molecule has 4 aromatic carbocycles. The standard InChI is InChI=1S/C28H31.C26H27.2CH3.2ClH.H2Si.Zr/c1-18(2)24-13-23-4-3-5-26(27(23)14-24)22-6-8-25(9-7-22)28-15-19-10-20(16-28)12-21(11-19)17-28;1-17-9-22-3-2-4-24(25(22)10-17)21-5-7-23(8-6-21)26-14-18-11-19(15-26)13-20(12-18)16-26;;;;;;/h3-9,13-14,18-21H,10-12,15-17H2,1-2H3;2-10,18-20H,11-16H2,1H3;2*1H3;2*1H;1H2;. The number of hydrogen-bond acceptors (Lipinski definition) is 0. The van der Waals surface area contributed by atoms with Gasteiger partial charge in [-0.15, -0.1) is 24.8 Å². The van der Waals surface area contributed by atoms with Gasteiger partial charge in [-0.1, -0.05) is 0 Å². The first-order valence-electron chi connectivity index (χ1n) is 23.8. The molecule has 2 unspecified atom stereocenters. The summed E-state index contributed by atoms with van der Waals surface area (Å²) in [4.78, 5) is 0. The molecule has 0 spiro atoms. The zero-order valence-corrected chi connectivity index (χ0v) is 42.4. The molecule has 0 radical (unpaired) electrons. The van der Waals surface area contributed by atoms with E-state index >= 15 is 0 Å². The zero-order valence-electron chi connectivity index (χ0n) is 36.9. The van der Waals surface area contributed by atoms with Crippen LogP contribution in [0.2, 0.25) is 9.26 Å². The summed E-state index contributed by atoms with van der Waals surface area (Å²) in [6, 6.07) is 34.9. The minimum absolute atomic E-state index is 0. The summed E-state index contributed by atoms with van der Waals surface area (Å²) in [5.41, 5.74) is 19.4. The monoisotopic (exact) mass is 928 g/mol. The molecule has 10 aliphatic rings. The minimum atomic E-state index is -3.72. The summed E-state index contributed by atoms with van der Waals surface area (Å²) < 4.78 is 6.71. The van der Waals surface area contributed by atoms with Crippen LogP contribution in [0.3, 0.4) is 0 Å². The van der Waals surface area contributed by atoms with Crippen LogP contribution >= 0.6 is 24.8 Å². The Morgan fingerprint density at radius 3 is 1.27 bits per heavy atom. The van der Waals surface area contributed by atoms with Crippen LogP contribution in [0.4, 0.5) is 0 Å². The van der Waals surface area contributed by atoms with E-state index in [1.165, 1.54) is 110 Å². The Morgan fingerprint density at radius 1 is 0.517 bits per heavy atom. The van der Waals surface area contributed by atoms with Gasteiger partial charge in [-0.25, -0.2) is 0 Å². The molecular formula is C56H68Cl2SiZr. The van der Waals surface area contributed by atoms with Gasteiger partial charge >= 0.3 is 355 Å². The molecule has 314 valence electrons. The van der Waals surface area contributed by atoms with Gasteiger partial charge in [0.05, 0.1) is 0 Å². The summed E-state index contributed by atoms with van der Waals surface area (Å²) >= 11 is -3.72. The quantitative estimate of drug-likeness (QED) is 0.162. The summed E-state index contributed by atoms with van der Waals surface area (Å²) in [6.07, 6.45) is 23.0. The smallest absolute Gasteiger partial charge is 0.147 e. The van der Waals surface area contributed by atoms with Crippen molar-refractivity contribution in [2.45, 2.75) is 125 Å². The first-order valence-corrected chi connectivity index (χ1v) is 37.5. The van der Waals surface area contributed by atoms with E-state index in [4.69, 9.17) is 0 Å². The van der Waals surface area contributed by atoms with Crippen LogP contribution in [0.1, 0.15) is 138 Å². The van der Waals surface area contributed by atoms with Gasteiger partial charge in [0, 0.05) is 0 Å². The first kappa shape index (κ1) is 42.0. The first-order chi connectivity index (χ1) is 27.8. The van der Waals surface area contributed by atoms with E-state index in [0.29, 0.717) is 24.0 Å². The predicted octanol–water partition coefficient (Wildman–Crippen LogP) is 15.4. The number of allylic oxidation sites excluding steroid dienone is 2. The van der Waals surface area contributed by atoms with Crippen LogP contribution in [-0.2, 0) is 28.2 Å². The normalized spacial score (nSPS) is 34.2. The molecule has 14 rings (SSSR count). The second-order valence-corrected chi connectivity index (χ2v) is 54.1. The third kappa shape index (κ3) is 6.31. The van der Waals surface area contributed by atoms with E-state index in [1.807, 2.05) is 0 Å². The van der Waals surface area contributed by atoms with Gasteiger partial charge in [-0.05, 0) is 0 Å². The Hall–Kier alpha value is -1.96. The van der Waals surface area contributed by atoms with E-state index in [1.54, 1.807) is 33.4 Å². The van der Waals surface area contributed by atoms with Crippen molar-refractivity contribution in [3.63, 3.8) is 0 Å². The summed E-state index contributed by atoms with van der Waals surface area (Å²) in [5.74, 6) is 6.42. The minimum Gasteiger partial charge on any atom is -0.147 e. The number of hydrogen-bond donors (Lipinski definition) is 0. The van der Waals surface area contributed by atoms with E-state index in [9.17, 15) is 0 Å². The Morgan fingerprint density at radius 2 is 0.883 bits per heavy atom. The van der Waals surface area contributed by atoms with Crippen molar-refractivity contribution in [1.82, 2.24) is 0 Å². The number of benzene rings is 4. The topological polar surface area (TPSA) is 0 Å². The largest absolute Gasteiger partial charge is 0.147 e. The molecule has 0 aromatic heterocycles. The van der Waals surface area contributed by atoms with Gasteiger partial charge in [0.15, 0.2) is 0 Å². The Labute approximate surface area is 376 Å². The van der Waals surface area contributed by atoms with Gasteiger partial charge in [0.25, 0.3) is 0 Å². The second-order valence-electron chi connectivity index (χ2n) is 23.7. The fourth-order valence-corrected chi connectivity index (χ4v) is 38.0. The number of fused-ring (bicyclic) bond motifs is 2. The molecule has 0 nitrogen and oxygen atoms in total. The van der Waals surface area contributed by atoms with Crippen LogP contribution < -0.4 is 0 Å². The van der Waals surface area contributed by atoms with Crippen LogP contribution in [0.5, 0.6) is 0 Å². The van der Waals surface area contributed by atoms with Crippen LogP contribution in [0.25, 0.3) is 34.4 Å². The van der Waals surface area contributed by atoms with Gasteiger partial charge in [0.2, 0.25) is 0 Å². The van der Waals surface area contributed by atoms with E-state index < -0.39 is 17.4 Å². The third-order valence-corrected chi connectivity index (χ3v) is 36.2. The maximum Gasteiger partial charge on any atom is -0.147 e. The van der Waals surface area contributed by atoms with Crippen molar-refractivity contribution in [3.8, 4) is 22.3 Å². The van der Waals surface area contributed by atoms with Gasteiger partial charge in [-0.3, -0.25) is 0 Å². The SMILES string of the molecule is CC1=Cc2c(-c3ccc(C45CC6CC(CC(C6)C4)C5)cc3)cccc2[CH]1[Zr]([CH3])([CH3])(=[SiH2])[CH]1C(C(C)C)=Cc2c(-c3ccc(C45CC6CC(CC(C6)C4)C5)cc3)cccc21.Cl.Cl. The number of halogens is 2. The van der Waals surface area contributed by atoms with Crippen molar-refractivity contribution in [2.24, 2.45) is 41.4 Å². The van der Waals surface area contributed by atoms with Crippen LogP contribution in [0.15, 0.2) is 96.1 Å². The zero-order chi connectivity index (χ0) is 39.4.